The zero-order valence-corrected chi connectivity index (χ0v) is 8.65. The topological polar surface area (TPSA) is 74.6 Å². The van der Waals surface area contributed by atoms with Crippen LogP contribution in [-0.2, 0) is 48.5 Å². The van der Waals surface area contributed by atoms with Gasteiger partial charge in [-0.15, -0.1) is 0 Å². The summed E-state index contributed by atoms with van der Waals surface area (Å²) in [6.45, 7) is 2.17. The summed E-state index contributed by atoms with van der Waals surface area (Å²) in [6, 6.07) is 0. The summed E-state index contributed by atoms with van der Waals surface area (Å²) in [5.74, 6) is -1.67. The Labute approximate surface area is 84.5 Å². The van der Waals surface area contributed by atoms with E-state index in [1.807, 2.05) is 0 Å². The van der Waals surface area contributed by atoms with E-state index in [4.69, 9.17) is 19.8 Å². The van der Waals surface area contributed by atoms with Gasteiger partial charge >= 0.3 is 0 Å². The van der Waals surface area contributed by atoms with Crippen LogP contribution in [0.1, 0.15) is 13.8 Å². The van der Waals surface area contributed by atoms with Gasteiger partial charge in [-0.1, -0.05) is 0 Å². The third kappa shape index (κ3) is 12100. The Bertz CT molecular complexity index is 73.3. The number of aliphatic carboxylic acids is 2. The Morgan fingerprint density at radius 1 is 0.900 bits per heavy atom. The molecule has 6 heteroatoms. The summed E-state index contributed by atoms with van der Waals surface area (Å²) < 4.78 is 0. The molecule has 0 aromatic carbocycles. The number of carbonyl (C=O) groups is 2. The molecule has 66 valence electrons. The van der Waals surface area contributed by atoms with Gasteiger partial charge < -0.3 is 10.2 Å². The zero-order chi connectivity index (χ0) is 7.15. The van der Waals surface area contributed by atoms with Gasteiger partial charge in [-0.3, -0.25) is 9.59 Å². The molecule has 0 fully saturated rings. The van der Waals surface area contributed by atoms with Crippen molar-refractivity contribution in [2.45, 2.75) is 13.8 Å². The first-order chi connectivity index (χ1) is 3.46. The maximum absolute atomic E-state index is 9.00. The van der Waals surface area contributed by atoms with Crippen molar-refractivity contribution < 1.29 is 58.8 Å². The van der Waals surface area contributed by atoms with Crippen LogP contribution in [0.15, 0.2) is 0 Å². The van der Waals surface area contributed by atoms with Crippen LogP contribution < -0.4 is 0 Å². The Kier molecular flexibility index (Phi) is 36.1. The minimum absolute atomic E-state index is 0. The molecule has 0 unspecified atom stereocenters. The maximum atomic E-state index is 9.00. The summed E-state index contributed by atoms with van der Waals surface area (Å²) in [5, 5.41) is 14.8. The van der Waals surface area contributed by atoms with E-state index in [9.17, 15) is 0 Å². The molecule has 0 aliphatic rings. The molecule has 0 amide bonds. The molecule has 0 aliphatic carbocycles. The first kappa shape index (κ1) is 22.5. The van der Waals surface area contributed by atoms with Gasteiger partial charge in [-0.2, -0.15) is 0 Å². The Morgan fingerprint density at radius 2 is 0.900 bits per heavy atom. The summed E-state index contributed by atoms with van der Waals surface area (Å²) in [7, 11) is 0. The number of carboxylic acids is 2. The molecule has 0 heterocycles. The summed E-state index contributed by atoms with van der Waals surface area (Å²) in [6.07, 6.45) is 0. The summed E-state index contributed by atoms with van der Waals surface area (Å²) in [4.78, 5) is 18.0. The van der Waals surface area contributed by atoms with Crippen LogP contribution in [0.3, 0.4) is 0 Å². The van der Waals surface area contributed by atoms with Crippen molar-refractivity contribution in [1.29, 1.82) is 0 Å². The predicted octanol–water partition coefficient (Wildman–Crippen LogP) is 0.177. The first-order valence-electron chi connectivity index (χ1n) is 1.86. The molecule has 2 N–H and O–H groups in total. The number of rotatable bonds is 0. The number of hydrogen-bond acceptors (Lipinski definition) is 2. The molecular formula is C4H8O4Rh2. The van der Waals surface area contributed by atoms with Crippen LogP contribution in [0.5, 0.6) is 0 Å². The second-order valence-electron chi connectivity index (χ2n) is 1.04. The van der Waals surface area contributed by atoms with Crippen molar-refractivity contribution in [3.8, 4) is 0 Å². The fraction of sp³-hybridized carbons (Fsp3) is 0.500. The van der Waals surface area contributed by atoms with E-state index in [-0.39, 0.29) is 39.0 Å². The van der Waals surface area contributed by atoms with E-state index in [0.29, 0.717) is 0 Å². The average molecular weight is 326 g/mol. The van der Waals surface area contributed by atoms with Crippen LogP contribution in [0, 0.1) is 0 Å². The van der Waals surface area contributed by atoms with Crippen LogP contribution >= 0.6 is 0 Å². The molecule has 10 heavy (non-hydrogen) atoms. The third-order valence-corrected chi connectivity index (χ3v) is 0. The van der Waals surface area contributed by atoms with Crippen LogP contribution in [0.2, 0.25) is 0 Å². The third-order valence-electron chi connectivity index (χ3n) is 0. The monoisotopic (exact) mass is 326 g/mol. The predicted molar refractivity (Wildman–Crippen MR) is 26.6 cm³/mol. The minimum atomic E-state index is -0.833. The van der Waals surface area contributed by atoms with Gasteiger partial charge in [-0.25, -0.2) is 0 Å². The van der Waals surface area contributed by atoms with E-state index < -0.39 is 11.9 Å². The van der Waals surface area contributed by atoms with Gasteiger partial charge in [0.05, 0.1) is 0 Å². The van der Waals surface area contributed by atoms with E-state index in [1.54, 1.807) is 0 Å². The smallest absolute Gasteiger partial charge is 0.300 e. The minimum Gasteiger partial charge on any atom is -0.481 e. The number of hydrogen-bond donors (Lipinski definition) is 2. The first-order valence-corrected chi connectivity index (χ1v) is 1.86. The maximum Gasteiger partial charge on any atom is 0.300 e. The van der Waals surface area contributed by atoms with E-state index in [2.05, 4.69) is 0 Å². The quantitative estimate of drug-likeness (QED) is 0.623. The SMILES string of the molecule is CC(=O)O.CC(=O)O.[Rh].[Rh]. The molecule has 0 aromatic heterocycles. The Morgan fingerprint density at radius 3 is 0.900 bits per heavy atom. The molecule has 4 nitrogen and oxygen atoms in total. The Balaban J connectivity index is -0.0000000300. The standard InChI is InChI=1S/2C2H4O2.2Rh/c2*1-2(3)4;;/h2*1H3,(H,3,4);;. The Hall–Kier alpha value is 0.187. The molecule has 0 rings (SSSR count). The van der Waals surface area contributed by atoms with Gasteiger partial charge in [0.1, 0.15) is 0 Å². The van der Waals surface area contributed by atoms with Crippen molar-refractivity contribution in [1.82, 2.24) is 0 Å². The molecule has 0 aromatic rings. The molecule has 2 radical (unpaired) electrons. The van der Waals surface area contributed by atoms with E-state index in [0.717, 1.165) is 13.8 Å². The van der Waals surface area contributed by atoms with Gasteiger partial charge in [0, 0.05) is 52.8 Å². The van der Waals surface area contributed by atoms with Crippen molar-refractivity contribution in [2.75, 3.05) is 0 Å². The molecular weight excluding hydrogens is 318 g/mol. The van der Waals surface area contributed by atoms with Crippen LogP contribution in [0.25, 0.3) is 0 Å². The van der Waals surface area contributed by atoms with Gasteiger partial charge in [0.25, 0.3) is 11.9 Å². The van der Waals surface area contributed by atoms with E-state index in [1.165, 1.54) is 0 Å². The van der Waals surface area contributed by atoms with Crippen LogP contribution in [0.4, 0.5) is 0 Å². The second kappa shape index (κ2) is 16.1. The van der Waals surface area contributed by atoms with Crippen molar-refractivity contribution in [3.63, 3.8) is 0 Å². The van der Waals surface area contributed by atoms with Crippen LogP contribution in [-0.4, -0.2) is 22.2 Å². The normalized spacial score (nSPS) is 5.00. The molecule has 0 saturated carbocycles. The van der Waals surface area contributed by atoms with Crippen molar-refractivity contribution >= 4 is 11.9 Å². The molecule has 0 atom stereocenters. The fourth-order valence-electron chi connectivity index (χ4n) is 0. The van der Waals surface area contributed by atoms with Crippen molar-refractivity contribution in [2.24, 2.45) is 0 Å². The van der Waals surface area contributed by atoms with Gasteiger partial charge in [0.2, 0.25) is 0 Å². The zero-order valence-electron chi connectivity index (χ0n) is 5.38. The average Bonchev–Trinajstić information content (AvgIpc) is 1.25. The van der Waals surface area contributed by atoms with Crippen molar-refractivity contribution in [3.05, 3.63) is 0 Å². The van der Waals surface area contributed by atoms with Gasteiger partial charge in [0.15, 0.2) is 0 Å². The van der Waals surface area contributed by atoms with Gasteiger partial charge in [-0.05, 0) is 0 Å². The second-order valence-corrected chi connectivity index (χ2v) is 1.04. The summed E-state index contributed by atoms with van der Waals surface area (Å²) in [5.41, 5.74) is 0. The molecule has 0 spiro atoms. The largest absolute Gasteiger partial charge is 0.481 e. The summed E-state index contributed by atoms with van der Waals surface area (Å²) >= 11 is 0. The van der Waals surface area contributed by atoms with E-state index >= 15 is 0 Å². The molecule has 0 bridgehead atoms. The fourth-order valence-corrected chi connectivity index (χ4v) is 0. The molecule has 0 saturated heterocycles. The number of carboxylic acid groups (broad SMARTS) is 2. The molecule has 0 aliphatic heterocycles.